The molecule has 1 aromatic carbocycles. The molecule has 0 amide bonds. The lowest BCUT2D eigenvalue weighted by Gasteiger charge is -2.36. The lowest BCUT2D eigenvalue weighted by atomic mass is 9.89. The summed E-state index contributed by atoms with van der Waals surface area (Å²) in [7, 11) is 3.35. The van der Waals surface area contributed by atoms with E-state index in [0.29, 0.717) is 12.0 Å². The van der Waals surface area contributed by atoms with Gasteiger partial charge in [-0.05, 0) is 49.4 Å². The molecule has 0 radical (unpaired) electrons. The van der Waals surface area contributed by atoms with Crippen molar-refractivity contribution in [1.29, 1.82) is 0 Å². The maximum absolute atomic E-state index is 6.21. The van der Waals surface area contributed by atoms with E-state index < -0.39 is 0 Å². The van der Waals surface area contributed by atoms with Gasteiger partial charge in [0.25, 0.3) is 0 Å². The fraction of sp³-hybridized carbons (Fsp3) is 0.647. The summed E-state index contributed by atoms with van der Waals surface area (Å²) >= 11 is 0. The molecule has 0 spiro atoms. The summed E-state index contributed by atoms with van der Waals surface area (Å²) in [6.07, 6.45) is 3.35. The molecular formula is C17H28N2O2. The molecule has 118 valence electrons. The predicted octanol–water partition coefficient (Wildman–Crippen LogP) is 2.31. The van der Waals surface area contributed by atoms with Gasteiger partial charge >= 0.3 is 0 Å². The Balaban J connectivity index is 2.03. The van der Waals surface area contributed by atoms with Crippen LogP contribution in [0.15, 0.2) is 18.2 Å². The van der Waals surface area contributed by atoms with Crippen LogP contribution in [-0.2, 0) is 6.42 Å². The first-order valence-electron chi connectivity index (χ1n) is 7.85. The summed E-state index contributed by atoms with van der Waals surface area (Å²) in [6, 6.07) is 6.51. The molecule has 1 aromatic rings. The largest absolute Gasteiger partial charge is 0.493 e. The highest BCUT2D eigenvalue weighted by atomic mass is 16.5. The van der Waals surface area contributed by atoms with Crippen LogP contribution >= 0.6 is 0 Å². The Labute approximate surface area is 128 Å². The van der Waals surface area contributed by atoms with Gasteiger partial charge < -0.3 is 20.1 Å². The smallest absolute Gasteiger partial charge is 0.160 e. The van der Waals surface area contributed by atoms with Crippen LogP contribution in [0.1, 0.15) is 25.3 Å². The molecule has 2 unspecified atom stereocenters. The van der Waals surface area contributed by atoms with Gasteiger partial charge in [0.15, 0.2) is 11.5 Å². The second kappa shape index (κ2) is 7.66. The molecule has 1 aliphatic rings. The van der Waals surface area contributed by atoms with Crippen LogP contribution in [0, 0.1) is 5.92 Å². The molecule has 1 saturated heterocycles. The third-order valence-electron chi connectivity index (χ3n) is 4.16. The van der Waals surface area contributed by atoms with E-state index in [0.717, 1.165) is 44.0 Å². The van der Waals surface area contributed by atoms with Crippen molar-refractivity contribution in [3.8, 4) is 11.5 Å². The molecule has 0 bridgehead atoms. The van der Waals surface area contributed by atoms with Crippen molar-refractivity contribution in [3.63, 3.8) is 0 Å². The fourth-order valence-electron chi connectivity index (χ4n) is 3.34. The van der Waals surface area contributed by atoms with Gasteiger partial charge in [-0.2, -0.15) is 0 Å². The number of nitrogens with two attached hydrogens (primary N) is 1. The van der Waals surface area contributed by atoms with E-state index in [9.17, 15) is 0 Å². The van der Waals surface area contributed by atoms with Crippen molar-refractivity contribution in [2.45, 2.75) is 32.2 Å². The van der Waals surface area contributed by atoms with Crippen LogP contribution in [0.2, 0.25) is 0 Å². The van der Waals surface area contributed by atoms with Crippen molar-refractivity contribution in [2.24, 2.45) is 11.7 Å². The Kier molecular flexibility index (Phi) is 5.88. The summed E-state index contributed by atoms with van der Waals surface area (Å²) in [6.45, 7) is 5.56. The number of benzene rings is 1. The Hall–Kier alpha value is -1.26. The van der Waals surface area contributed by atoms with E-state index in [1.165, 1.54) is 12.0 Å². The Morgan fingerprint density at radius 2 is 1.95 bits per heavy atom. The standard InChI is InChI=1S/C17H28N2O2/c1-4-7-19-11-14(9-15(18)12-19)8-13-5-6-16(20-2)17(10-13)21-3/h5-6,10,14-15H,4,7-9,11-12,18H2,1-3H3. The Morgan fingerprint density at radius 1 is 1.19 bits per heavy atom. The second-order valence-electron chi connectivity index (χ2n) is 6.01. The van der Waals surface area contributed by atoms with Crippen LogP contribution < -0.4 is 15.2 Å². The van der Waals surface area contributed by atoms with Crippen LogP contribution in [-0.4, -0.2) is 44.8 Å². The van der Waals surface area contributed by atoms with Gasteiger partial charge in [-0.1, -0.05) is 13.0 Å². The number of hydrogen-bond donors (Lipinski definition) is 1. The van der Waals surface area contributed by atoms with E-state index in [1.54, 1.807) is 14.2 Å². The molecule has 21 heavy (non-hydrogen) atoms. The number of likely N-dealkylation sites (tertiary alicyclic amines) is 1. The van der Waals surface area contributed by atoms with Crippen LogP contribution in [0.25, 0.3) is 0 Å². The molecule has 4 nitrogen and oxygen atoms in total. The summed E-state index contributed by atoms with van der Waals surface area (Å²) in [4.78, 5) is 2.50. The second-order valence-corrected chi connectivity index (χ2v) is 6.01. The van der Waals surface area contributed by atoms with Crippen LogP contribution in [0.5, 0.6) is 11.5 Å². The number of piperidine rings is 1. The summed E-state index contributed by atoms with van der Waals surface area (Å²) in [5.41, 5.74) is 7.51. The average molecular weight is 292 g/mol. The monoisotopic (exact) mass is 292 g/mol. The third kappa shape index (κ3) is 4.35. The fourth-order valence-corrected chi connectivity index (χ4v) is 3.34. The van der Waals surface area contributed by atoms with Crippen molar-refractivity contribution < 1.29 is 9.47 Å². The van der Waals surface area contributed by atoms with E-state index in [-0.39, 0.29) is 0 Å². The van der Waals surface area contributed by atoms with E-state index >= 15 is 0 Å². The van der Waals surface area contributed by atoms with Crippen LogP contribution in [0.4, 0.5) is 0 Å². The quantitative estimate of drug-likeness (QED) is 0.874. The van der Waals surface area contributed by atoms with Gasteiger partial charge in [-0.15, -0.1) is 0 Å². The van der Waals surface area contributed by atoms with Crippen molar-refractivity contribution in [1.82, 2.24) is 4.90 Å². The highest BCUT2D eigenvalue weighted by molar-refractivity contribution is 5.43. The predicted molar refractivity (Wildman–Crippen MR) is 86.1 cm³/mol. The van der Waals surface area contributed by atoms with Crippen molar-refractivity contribution in [3.05, 3.63) is 23.8 Å². The normalized spacial score (nSPS) is 23.0. The van der Waals surface area contributed by atoms with E-state index in [4.69, 9.17) is 15.2 Å². The lowest BCUT2D eigenvalue weighted by Crippen LogP contribution is -2.47. The molecule has 1 heterocycles. The van der Waals surface area contributed by atoms with E-state index in [2.05, 4.69) is 24.0 Å². The van der Waals surface area contributed by atoms with Gasteiger partial charge in [0.2, 0.25) is 0 Å². The first kappa shape index (κ1) is 16.1. The summed E-state index contributed by atoms with van der Waals surface area (Å²) in [5, 5.41) is 0. The molecular weight excluding hydrogens is 264 g/mol. The van der Waals surface area contributed by atoms with Crippen LogP contribution in [0.3, 0.4) is 0 Å². The van der Waals surface area contributed by atoms with Crippen molar-refractivity contribution >= 4 is 0 Å². The minimum absolute atomic E-state index is 0.301. The molecule has 4 heteroatoms. The summed E-state index contributed by atoms with van der Waals surface area (Å²) < 4.78 is 10.7. The lowest BCUT2D eigenvalue weighted by molar-refractivity contribution is 0.156. The number of rotatable bonds is 6. The van der Waals surface area contributed by atoms with Gasteiger partial charge in [0.05, 0.1) is 14.2 Å². The highest BCUT2D eigenvalue weighted by Crippen LogP contribution is 2.29. The molecule has 2 atom stereocenters. The Morgan fingerprint density at radius 3 is 2.62 bits per heavy atom. The maximum Gasteiger partial charge on any atom is 0.160 e. The maximum atomic E-state index is 6.21. The third-order valence-corrected chi connectivity index (χ3v) is 4.16. The zero-order valence-electron chi connectivity index (χ0n) is 13.5. The minimum Gasteiger partial charge on any atom is -0.493 e. The topological polar surface area (TPSA) is 47.7 Å². The summed E-state index contributed by atoms with van der Waals surface area (Å²) in [5.74, 6) is 2.22. The molecule has 0 aromatic heterocycles. The zero-order chi connectivity index (χ0) is 15.2. The van der Waals surface area contributed by atoms with Gasteiger partial charge in [-0.25, -0.2) is 0 Å². The molecule has 2 rings (SSSR count). The Bertz CT molecular complexity index is 450. The van der Waals surface area contributed by atoms with Gasteiger partial charge in [-0.3, -0.25) is 0 Å². The molecule has 0 aliphatic carbocycles. The molecule has 1 fully saturated rings. The van der Waals surface area contributed by atoms with Crippen molar-refractivity contribution in [2.75, 3.05) is 33.9 Å². The first-order chi connectivity index (χ1) is 10.2. The number of nitrogens with zero attached hydrogens (tertiary/aromatic N) is 1. The zero-order valence-corrected chi connectivity index (χ0v) is 13.5. The number of hydrogen-bond acceptors (Lipinski definition) is 4. The van der Waals surface area contributed by atoms with E-state index in [1.807, 2.05) is 6.07 Å². The minimum atomic E-state index is 0.301. The SMILES string of the molecule is CCCN1CC(N)CC(Cc2ccc(OC)c(OC)c2)C1. The highest BCUT2D eigenvalue weighted by Gasteiger charge is 2.24. The number of methoxy groups -OCH3 is 2. The van der Waals surface area contributed by atoms with Gasteiger partial charge in [0.1, 0.15) is 0 Å². The molecule has 0 saturated carbocycles. The average Bonchev–Trinajstić information content (AvgIpc) is 2.46. The number of ether oxygens (including phenoxy) is 2. The molecule has 2 N–H and O–H groups in total. The molecule has 1 aliphatic heterocycles. The van der Waals surface area contributed by atoms with Gasteiger partial charge in [0, 0.05) is 19.1 Å². The first-order valence-corrected chi connectivity index (χ1v) is 7.85.